The first kappa shape index (κ1) is 19.1. The number of rotatable bonds is 5. The minimum atomic E-state index is -0.146. The van der Waals surface area contributed by atoms with E-state index >= 15 is 0 Å². The number of aryl methyl sites for hydroxylation is 1. The molecule has 2 unspecified atom stereocenters. The third-order valence-electron chi connectivity index (χ3n) is 5.05. The van der Waals surface area contributed by atoms with Crippen molar-refractivity contribution in [2.75, 3.05) is 5.32 Å². The van der Waals surface area contributed by atoms with Gasteiger partial charge in [-0.3, -0.25) is 9.59 Å². The summed E-state index contributed by atoms with van der Waals surface area (Å²) < 4.78 is 0. The van der Waals surface area contributed by atoms with Crippen molar-refractivity contribution in [3.63, 3.8) is 0 Å². The molecule has 0 radical (unpaired) electrons. The fraction of sp³-hybridized carbons (Fsp3) is 0.364. The van der Waals surface area contributed by atoms with E-state index in [1.54, 1.807) is 0 Å². The van der Waals surface area contributed by atoms with E-state index in [1.807, 2.05) is 55.5 Å². The Balaban J connectivity index is 1.56. The van der Waals surface area contributed by atoms with Crippen molar-refractivity contribution in [1.29, 1.82) is 0 Å². The van der Waals surface area contributed by atoms with Gasteiger partial charge in [-0.25, -0.2) is 0 Å². The number of carbonyl (C=O) groups is 2. The highest BCUT2D eigenvalue weighted by Crippen LogP contribution is 2.23. The Kier molecular flexibility index (Phi) is 6.24. The van der Waals surface area contributed by atoms with E-state index in [0.717, 1.165) is 36.8 Å². The Labute approximate surface area is 160 Å². The van der Waals surface area contributed by atoms with Crippen LogP contribution in [0, 0.1) is 12.8 Å². The molecular formula is C22H27N3O2. The van der Waals surface area contributed by atoms with Gasteiger partial charge in [0.05, 0.1) is 0 Å². The average Bonchev–Trinajstić information content (AvgIpc) is 2.67. The molecule has 2 atom stereocenters. The van der Waals surface area contributed by atoms with Crippen LogP contribution in [0.15, 0.2) is 48.5 Å². The second kappa shape index (κ2) is 8.82. The molecule has 0 bridgehead atoms. The fourth-order valence-electron chi connectivity index (χ4n) is 3.47. The van der Waals surface area contributed by atoms with Gasteiger partial charge < -0.3 is 16.4 Å². The van der Waals surface area contributed by atoms with Gasteiger partial charge in [0.25, 0.3) is 5.91 Å². The third kappa shape index (κ3) is 5.41. The summed E-state index contributed by atoms with van der Waals surface area (Å²) in [6, 6.07) is 15.1. The molecule has 2 amide bonds. The summed E-state index contributed by atoms with van der Waals surface area (Å²) >= 11 is 0. The molecule has 1 aliphatic rings. The molecule has 0 saturated heterocycles. The molecule has 1 aliphatic carbocycles. The molecule has 5 nitrogen and oxygen atoms in total. The summed E-state index contributed by atoms with van der Waals surface area (Å²) in [5.41, 5.74) is 9.37. The Morgan fingerprint density at radius 3 is 2.63 bits per heavy atom. The van der Waals surface area contributed by atoms with E-state index in [-0.39, 0.29) is 23.8 Å². The molecule has 3 rings (SSSR count). The van der Waals surface area contributed by atoms with Gasteiger partial charge in [-0.05, 0) is 56.0 Å². The van der Waals surface area contributed by atoms with Crippen LogP contribution in [0.4, 0.5) is 5.69 Å². The monoisotopic (exact) mass is 365 g/mol. The zero-order valence-electron chi connectivity index (χ0n) is 15.7. The van der Waals surface area contributed by atoms with Crippen LogP contribution in [0.1, 0.15) is 47.2 Å². The van der Waals surface area contributed by atoms with Crippen molar-refractivity contribution in [2.45, 2.75) is 45.2 Å². The van der Waals surface area contributed by atoms with E-state index in [0.29, 0.717) is 17.8 Å². The maximum Gasteiger partial charge on any atom is 0.255 e. The number of nitrogens with one attached hydrogen (secondary N) is 2. The fourth-order valence-corrected chi connectivity index (χ4v) is 3.47. The van der Waals surface area contributed by atoms with Gasteiger partial charge in [-0.2, -0.15) is 0 Å². The van der Waals surface area contributed by atoms with E-state index in [4.69, 9.17) is 5.73 Å². The summed E-state index contributed by atoms with van der Waals surface area (Å²) in [5, 5.41) is 5.91. The second-order valence-electron chi connectivity index (χ2n) is 7.36. The number of hydrogen-bond donors (Lipinski definition) is 3. The molecule has 2 aromatic carbocycles. The lowest BCUT2D eigenvalue weighted by Gasteiger charge is -2.25. The van der Waals surface area contributed by atoms with Crippen molar-refractivity contribution >= 4 is 17.5 Å². The van der Waals surface area contributed by atoms with Crippen molar-refractivity contribution in [3.05, 3.63) is 65.2 Å². The van der Waals surface area contributed by atoms with E-state index in [1.165, 1.54) is 0 Å². The number of amides is 2. The van der Waals surface area contributed by atoms with Crippen LogP contribution in [0.3, 0.4) is 0 Å². The summed E-state index contributed by atoms with van der Waals surface area (Å²) in [4.78, 5) is 24.7. The highest BCUT2D eigenvalue weighted by Gasteiger charge is 2.24. The van der Waals surface area contributed by atoms with Crippen LogP contribution < -0.4 is 16.4 Å². The summed E-state index contributed by atoms with van der Waals surface area (Å²) in [6.07, 6.45) is 3.69. The molecule has 0 heterocycles. The van der Waals surface area contributed by atoms with Gasteiger partial charge in [-0.15, -0.1) is 0 Å². The van der Waals surface area contributed by atoms with Crippen LogP contribution >= 0.6 is 0 Å². The van der Waals surface area contributed by atoms with Gasteiger partial charge in [-0.1, -0.05) is 36.2 Å². The Morgan fingerprint density at radius 2 is 1.89 bits per heavy atom. The smallest absolute Gasteiger partial charge is 0.255 e. The SMILES string of the molecule is Cc1ccc(C(=O)Nc2cccc(CNC(=O)C3CCCC(N)C3)c2)cc1. The standard InChI is InChI=1S/C22H27N3O2/c1-15-8-10-17(11-9-15)22(27)25-20-7-2-4-16(12-20)14-24-21(26)18-5-3-6-19(23)13-18/h2,4,7-12,18-19H,3,5-6,13-14,23H2,1H3,(H,24,26)(H,25,27). The van der Waals surface area contributed by atoms with Crippen LogP contribution in [-0.2, 0) is 11.3 Å². The van der Waals surface area contributed by atoms with Crippen LogP contribution in [0.2, 0.25) is 0 Å². The predicted octanol–water partition coefficient (Wildman–Crippen LogP) is 3.38. The average molecular weight is 365 g/mol. The van der Waals surface area contributed by atoms with Gasteiger partial charge in [0.1, 0.15) is 0 Å². The number of anilines is 1. The van der Waals surface area contributed by atoms with Crippen LogP contribution in [-0.4, -0.2) is 17.9 Å². The molecule has 142 valence electrons. The first-order chi connectivity index (χ1) is 13.0. The molecule has 5 heteroatoms. The zero-order valence-corrected chi connectivity index (χ0v) is 15.7. The molecule has 4 N–H and O–H groups in total. The topological polar surface area (TPSA) is 84.2 Å². The van der Waals surface area contributed by atoms with Crippen molar-refractivity contribution < 1.29 is 9.59 Å². The molecule has 27 heavy (non-hydrogen) atoms. The Bertz CT molecular complexity index is 801. The molecule has 0 spiro atoms. The van der Waals surface area contributed by atoms with Crippen molar-refractivity contribution in [3.8, 4) is 0 Å². The Hall–Kier alpha value is -2.66. The van der Waals surface area contributed by atoms with Gasteiger partial charge >= 0.3 is 0 Å². The van der Waals surface area contributed by atoms with Crippen LogP contribution in [0.5, 0.6) is 0 Å². The normalized spacial score (nSPS) is 19.3. The minimum absolute atomic E-state index is 0.0122. The molecule has 0 aliphatic heterocycles. The number of benzene rings is 2. The van der Waals surface area contributed by atoms with Gasteiger partial charge in [0.15, 0.2) is 0 Å². The second-order valence-corrected chi connectivity index (χ2v) is 7.36. The Morgan fingerprint density at radius 1 is 1.11 bits per heavy atom. The largest absolute Gasteiger partial charge is 0.352 e. The lowest BCUT2D eigenvalue weighted by atomic mass is 9.85. The lowest BCUT2D eigenvalue weighted by Crippen LogP contribution is -2.37. The minimum Gasteiger partial charge on any atom is -0.352 e. The van der Waals surface area contributed by atoms with E-state index in [9.17, 15) is 9.59 Å². The summed E-state index contributed by atoms with van der Waals surface area (Å²) in [7, 11) is 0. The maximum atomic E-state index is 12.4. The van der Waals surface area contributed by atoms with Crippen molar-refractivity contribution in [1.82, 2.24) is 5.32 Å². The van der Waals surface area contributed by atoms with Gasteiger partial charge in [0, 0.05) is 29.8 Å². The quantitative estimate of drug-likeness (QED) is 0.759. The van der Waals surface area contributed by atoms with Crippen LogP contribution in [0.25, 0.3) is 0 Å². The summed E-state index contributed by atoms with van der Waals surface area (Å²) in [6.45, 7) is 2.43. The number of nitrogens with two attached hydrogens (primary N) is 1. The van der Waals surface area contributed by atoms with Gasteiger partial charge in [0.2, 0.25) is 5.91 Å². The zero-order chi connectivity index (χ0) is 19.2. The first-order valence-corrected chi connectivity index (χ1v) is 9.51. The highest BCUT2D eigenvalue weighted by atomic mass is 16.2. The molecule has 2 aromatic rings. The van der Waals surface area contributed by atoms with E-state index in [2.05, 4.69) is 10.6 Å². The highest BCUT2D eigenvalue weighted by molar-refractivity contribution is 6.04. The molecule has 0 aromatic heterocycles. The first-order valence-electron chi connectivity index (χ1n) is 9.51. The molecule has 1 fully saturated rings. The molecular weight excluding hydrogens is 338 g/mol. The van der Waals surface area contributed by atoms with E-state index < -0.39 is 0 Å². The lowest BCUT2D eigenvalue weighted by molar-refractivity contribution is -0.126. The maximum absolute atomic E-state index is 12.4. The third-order valence-corrected chi connectivity index (χ3v) is 5.05. The number of hydrogen-bond acceptors (Lipinski definition) is 3. The molecule has 1 saturated carbocycles. The van der Waals surface area contributed by atoms with Crippen molar-refractivity contribution in [2.24, 2.45) is 11.7 Å². The number of carbonyl (C=O) groups excluding carboxylic acids is 2. The summed E-state index contributed by atoms with van der Waals surface area (Å²) in [5.74, 6) is -0.0650. The predicted molar refractivity (Wildman–Crippen MR) is 107 cm³/mol.